The first-order valence-electron chi connectivity index (χ1n) is 23.7. The van der Waals surface area contributed by atoms with Crippen LogP contribution in [0.3, 0.4) is 0 Å². The number of Topliss-reactive ketones (excluding diaryl/α,β-unsaturated/α-hetero) is 1. The minimum atomic E-state index is -3.97. The molecule has 350 valence electrons. The number of rotatable bonds is 13. The van der Waals surface area contributed by atoms with Gasteiger partial charge >= 0.3 is 5.97 Å². The van der Waals surface area contributed by atoms with E-state index >= 15 is 4.79 Å². The van der Waals surface area contributed by atoms with Crippen molar-refractivity contribution < 1.29 is 46.5 Å². The number of hydrogen-bond acceptors (Lipinski definition) is 12. The number of pyridine rings is 1. The van der Waals surface area contributed by atoms with E-state index in [-0.39, 0.29) is 55.9 Å². The zero-order valence-electron chi connectivity index (χ0n) is 38.5. The van der Waals surface area contributed by atoms with Gasteiger partial charge in [-0.05, 0) is 114 Å². The van der Waals surface area contributed by atoms with Crippen molar-refractivity contribution in [1.29, 1.82) is 0 Å². The molecule has 1 N–H and O–H groups in total. The first-order valence-corrected chi connectivity index (χ1v) is 25.2. The monoisotopic (exact) mass is 904 g/mol. The highest BCUT2D eigenvalue weighted by Crippen LogP contribution is 2.57. The molecule has 2 aromatic rings. The van der Waals surface area contributed by atoms with Crippen LogP contribution < -0.4 is 18.9 Å². The van der Waals surface area contributed by atoms with Crippen LogP contribution in [0.5, 0.6) is 17.4 Å². The Morgan fingerprint density at radius 3 is 2.52 bits per heavy atom. The van der Waals surface area contributed by atoms with Gasteiger partial charge in [0.1, 0.15) is 29.2 Å². The van der Waals surface area contributed by atoms with Gasteiger partial charge in [-0.2, -0.15) is 0 Å². The maximum atomic E-state index is 15.0. The van der Waals surface area contributed by atoms with Crippen molar-refractivity contribution in [2.75, 3.05) is 39.9 Å². The number of ether oxygens (including phenoxy) is 4. The van der Waals surface area contributed by atoms with Crippen LogP contribution in [0.15, 0.2) is 30.9 Å². The smallest absolute Gasteiger partial charge is 0.306 e. The van der Waals surface area contributed by atoms with Crippen molar-refractivity contribution in [3.63, 3.8) is 0 Å². The zero-order chi connectivity index (χ0) is 45.6. The van der Waals surface area contributed by atoms with Gasteiger partial charge in [0.25, 0.3) is 0 Å². The molecular formula is C49H68N4O10S. The molecule has 2 saturated heterocycles. The van der Waals surface area contributed by atoms with E-state index in [0.29, 0.717) is 48.8 Å². The summed E-state index contributed by atoms with van der Waals surface area (Å²) in [7, 11) is -2.37. The third-order valence-electron chi connectivity index (χ3n) is 15.0. The molecule has 14 nitrogen and oxygen atoms in total. The fraction of sp³-hybridized carbons (Fsp3) is 0.694. The number of sulfonamides is 1. The van der Waals surface area contributed by atoms with Gasteiger partial charge in [-0.25, -0.2) is 13.4 Å². The van der Waals surface area contributed by atoms with Gasteiger partial charge in [0.15, 0.2) is 5.78 Å². The molecule has 6 aliphatic rings. The van der Waals surface area contributed by atoms with Crippen LogP contribution in [-0.2, 0) is 40.4 Å². The molecule has 4 heterocycles. The highest BCUT2D eigenvalue weighted by atomic mass is 32.2. The number of hydrogen-bond donors (Lipinski definition) is 1. The lowest BCUT2D eigenvalue weighted by atomic mass is 9.77. The van der Waals surface area contributed by atoms with E-state index in [9.17, 15) is 22.8 Å². The summed E-state index contributed by atoms with van der Waals surface area (Å²) in [4.78, 5) is 66.5. The van der Waals surface area contributed by atoms with Crippen LogP contribution in [0.4, 0.5) is 0 Å². The summed E-state index contributed by atoms with van der Waals surface area (Å²) >= 11 is 0. The van der Waals surface area contributed by atoms with Crippen molar-refractivity contribution in [2.45, 2.75) is 147 Å². The zero-order valence-corrected chi connectivity index (χ0v) is 39.3. The lowest BCUT2D eigenvalue weighted by Gasteiger charge is -2.34. The minimum absolute atomic E-state index is 0.0233. The Bertz CT molecular complexity index is 2250. The van der Waals surface area contributed by atoms with E-state index < -0.39 is 61.5 Å². The van der Waals surface area contributed by atoms with E-state index in [0.717, 1.165) is 69.1 Å². The fourth-order valence-electron chi connectivity index (χ4n) is 10.3. The molecule has 0 unspecified atom stereocenters. The third kappa shape index (κ3) is 9.66. The van der Waals surface area contributed by atoms with Gasteiger partial charge in [-0.3, -0.25) is 23.9 Å². The molecule has 5 fully saturated rings. The average Bonchev–Trinajstić information content (AvgIpc) is 4.20. The van der Waals surface area contributed by atoms with Gasteiger partial charge in [0.05, 0.1) is 54.4 Å². The molecule has 3 aliphatic heterocycles. The van der Waals surface area contributed by atoms with Gasteiger partial charge in [-0.15, -0.1) is 6.58 Å². The Balaban J connectivity index is 1.14. The maximum absolute atomic E-state index is 15.0. The molecule has 3 aliphatic carbocycles. The summed E-state index contributed by atoms with van der Waals surface area (Å²) in [6, 6.07) is 4.75. The fourth-order valence-corrected chi connectivity index (χ4v) is 11.6. The number of fused-ring (bicyclic) bond motifs is 5. The number of benzene rings is 1. The van der Waals surface area contributed by atoms with Crippen LogP contribution in [0.25, 0.3) is 10.9 Å². The lowest BCUT2D eigenvalue weighted by molar-refractivity contribution is -0.154. The number of methoxy groups -OCH3 is 1. The Labute approximate surface area is 378 Å². The topological polar surface area (TPSA) is 171 Å². The Morgan fingerprint density at radius 2 is 1.83 bits per heavy atom. The number of amides is 2. The van der Waals surface area contributed by atoms with Gasteiger partial charge in [-0.1, -0.05) is 45.8 Å². The van der Waals surface area contributed by atoms with Crippen LogP contribution in [0.1, 0.15) is 123 Å². The van der Waals surface area contributed by atoms with E-state index in [1.54, 1.807) is 20.1 Å². The van der Waals surface area contributed by atoms with E-state index in [2.05, 4.69) is 16.2 Å². The highest BCUT2D eigenvalue weighted by molar-refractivity contribution is 7.91. The summed E-state index contributed by atoms with van der Waals surface area (Å²) < 4.78 is 53.2. The summed E-state index contributed by atoms with van der Waals surface area (Å²) in [6.45, 7) is 14.9. The minimum Gasteiger partial charge on any atom is -0.494 e. The molecule has 7 atom stereocenters. The van der Waals surface area contributed by atoms with Crippen LogP contribution in [0.2, 0.25) is 0 Å². The van der Waals surface area contributed by atoms with Crippen molar-refractivity contribution >= 4 is 44.5 Å². The van der Waals surface area contributed by atoms with Crippen LogP contribution in [0, 0.1) is 28.6 Å². The average molecular weight is 905 g/mol. The second-order valence-corrected chi connectivity index (χ2v) is 23.0. The molecule has 0 radical (unpaired) electrons. The Morgan fingerprint density at radius 1 is 1.06 bits per heavy atom. The number of likely N-dealkylation sites (tertiary alicyclic amines) is 1. The van der Waals surface area contributed by atoms with Gasteiger partial charge < -0.3 is 28.7 Å². The lowest BCUT2D eigenvalue weighted by Crippen LogP contribution is -2.49. The van der Waals surface area contributed by atoms with Crippen molar-refractivity contribution in [1.82, 2.24) is 19.5 Å². The third-order valence-corrected chi connectivity index (χ3v) is 17.2. The second kappa shape index (κ2) is 18.2. The largest absolute Gasteiger partial charge is 0.494 e. The predicted octanol–water partition coefficient (Wildman–Crippen LogP) is 6.71. The quantitative estimate of drug-likeness (QED) is 0.128. The number of carbonyl (C=O) groups excluding carboxylic acids is 4. The Hall–Kier alpha value is -4.24. The van der Waals surface area contributed by atoms with E-state index in [1.807, 2.05) is 39.0 Å². The van der Waals surface area contributed by atoms with Gasteiger partial charge in [0, 0.05) is 24.8 Å². The molecule has 8 rings (SSSR count). The molecule has 15 heteroatoms. The molecule has 2 amide bonds. The number of nitrogens with one attached hydrogen (secondary N) is 1. The predicted molar refractivity (Wildman–Crippen MR) is 241 cm³/mol. The SMILES string of the molecule is C=C[C@@H]1C[C@]1(CC(=O)[C@@H]1C[C@@H]2CN1C(=O)[C@H](C(C)(C)C)CC(=O)O[C@@H]1C[C@H]1CCCCCc1c(nc3c(OC)cccc3c1OCCCN1CCCC1)O2)C(=O)NS(=O)(=O)C1(C)CC1. The number of nitrogens with zero attached hydrogens (tertiary/aromatic N) is 3. The Kier molecular flexibility index (Phi) is 13.2. The first kappa shape index (κ1) is 46.3. The van der Waals surface area contributed by atoms with Gasteiger partial charge in [0.2, 0.25) is 27.7 Å². The number of aromatic nitrogens is 1. The number of ketones is 1. The molecule has 3 saturated carbocycles. The highest BCUT2D eigenvalue weighted by Gasteiger charge is 2.62. The maximum Gasteiger partial charge on any atom is 0.306 e. The number of carbonyl (C=O) groups is 4. The first-order chi connectivity index (χ1) is 30.5. The summed E-state index contributed by atoms with van der Waals surface area (Å²) in [5.41, 5.74) is -0.599. The number of allylic oxidation sites excluding steroid dienone is 1. The molecule has 0 spiro atoms. The summed E-state index contributed by atoms with van der Waals surface area (Å²) in [6.07, 6.45) is 9.93. The molecular weight excluding hydrogens is 837 g/mol. The molecule has 1 aromatic heterocycles. The van der Waals surface area contributed by atoms with Crippen molar-refractivity contribution in [3.8, 4) is 17.4 Å². The molecule has 64 heavy (non-hydrogen) atoms. The normalized spacial score (nSPS) is 29.6. The van der Waals surface area contributed by atoms with Crippen LogP contribution in [-0.4, -0.2) is 110 Å². The summed E-state index contributed by atoms with van der Waals surface area (Å²) in [5.74, 6) is -1.27. The standard InChI is InChI=1S/C49H68N4O10S/c1-7-32-28-49(32,46(57)51-64(58,59)48(5)19-20-48)29-38(54)37-26-33-30-53(37)45(56)36(47(2,3)4)27-41(55)63-40-25-31(40)15-9-8-10-16-35-43(61-24-14-23-52-21-11-12-22-52)34-17-13-18-39(60-6)42(34)50-44(35)62-33/h7,13,17-18,31-33,36-37,40H,1,8-12,14-16,19-30H2,2-6H3,(H,51,57)/t31-,32-,33-,36-,37+,40-,49-/m1/s1. The van der Waals surface area contributed by atoms with Crippen molar-refractivity contribution in [2.24, 2.45) is 28.6 Å². The number of esters is 1. The molecule has 2 bridgehead atoms. The number of para-hydroxylation sites is 1. The molecule has 1 aromatic carbocycles. The van der Waals surface area contributed by atoms with E-state index in [1.165, 1.54) is 17.7 Å². The van der Waals surface area contributed by atoms with Crippen LogP contribution >= 0.6 is 0 Å². The van der Waals surface area contributed by atoms with Crippen molar-refractivity contribution in [3.05, 3.63) is 36.4 Å². The van der Waals surface area contributed by atoms with E-state index in [4.69, 9.17) is 23.9 Å². The summed E-state index contributed by atoms with van der Waals surface area (Å²) in [5, 5.41) is 0.819. The second-order valence-electron chi connectivity index (χ2n) is 20.8.